The molecule has 7 atom stereocenters. The van der Waals surface area contributed by atoms with Crippen LogP contribution in [0.3, 0.4) is 0 Å². The molecular weight excluding hydrogens is 344 g/mol. The predicted octanol–water partition coefficient (Wildman–Crippen LogP) is 1.49. The van der Waals surface area contributed by atoms with Crippen molar-refractivity contribution >= 4 is 5.97 Å². The van der Waals surface area contributed by atoms with E-state index in [4.69, 9.17) is 33.2 Å². The Morgan fingerprint density at radius 3 is 2.62 bits per heavy atom. The largest absolute Gasteiger partial charge is 0.457 e. The fraction of sp³-hybridized carbons (Fsp3) is 0.611. The van der Waals surface area contributed by atoms with Crippen LogP contribution in [-0.2, 0) is 38.0 Å². The summed E-state index contributed by atoms with van der Waals surface area (Å²) in [6.45, 7) is 3.25. The van der Waals surface area contributed by atoms with Gasteiger partial charge in [-0.2, -0.15) is 0 Å². The number of carbonyl (C=O) groups is 1. The first-order chi connectivity index (χ1) is 12.5. The number of hydrogen-bond donors (Lipinski definition) is 0. The van der Waals surface area contributed by atoms with Gasteiger partial charge < -0.3 is 28.4 Å². The van der Waals surface area contributed by atoms with E-state index >= 15 is 0 Å². The first kappa shape index (κ1) is 17.8. The van der Waals surface area contributed by atoms with Crippen LogP contribution in [0.2, 0.25) is 0 Å². The van der Waals surface area contributed by atoms with Gasteiger partial charge in [-0.05, 0) is 0 Å². The van der Waals surface area contributed by atoms with Gasteiger partial charge in [0.25, 0.3) is 5.97 Å². The Bertz CT molecular complexity index is 652. The van der Waals surface area contributed by atoms with E-state index in [1.807, 2.05) is 30.3 Å². The average molecular weight is 366 g/mol. The number of methoxy groups -OCH3 is 1. The van der Waals surface area contributed by atoms with Gasteiger partial charge in [-0.1, -0.05) is 30.3 Å². The molecule has 1 aromatic rings. The third-order valence-electron chi connectivity index (χ3n) is 4.71. The van der Waals surface area contributed by atoms with E-state index in [1.54, 1.807) is 6.92 Å². The normalized spacial score (nSPS) is 42.0. The Balaban J connectivity index is 1.58. The fourth-order valence-electron chi connectivity index (χ4n) is 3.45. The van der Waals surface area contributed by atoms with Crippen molar-refractivity contribution in [1.82, 2.24) is 0 Å². The topological polar surface area (TPSA) is 81.7 Å². The molecule has 0 aromatic heterocycles. The van der Waals surface area contributed by atoms with E-state index in [9.17, 15) is 4.79 Å². The number of benzene rings is 1. The molecule has 26 heavy (non-hydrogen) atoms. The zero-order valence-corrected chi connectivity index (χ0v) is 14.8. The molecule has 3 fully saturated rings. The molecule has 3 aliphatic rings. The summed E-state index contributed by atoms with van der Waals surface area (Å²) >= 11 is 0. The molecule has 0 spiro atoms. The second-order valence-corrected chi connectivity index (χ2v) is 6.56. The summed E-state index contributed by atoms with van der Waals surface area (Å²) in [5.74, 6) is -1.71. The number of esters is 1. The zero-order valence-electron chi connectivity index (χ0n) is 14.8. The summed E-state index contributed by atoms with van der Waals surface area (Å²) in [4.78, 5) is 11.7. The van der Waals surface area contributed by atoms with E-state index in [0.717, 1.165) is 5.56 Å². The number of carbonyl (C=O) groups excluding carboxylic acids is 1. The van der Waals surface area contributed by atoms with Crippen molar-refractivity contribution in [3.05, 3.63) is 35.9 Å². The van der Waals surface area contributed by atoms with Crippen LogP contribution in [0, 0.1) is 0 Å². The van der Waals surface area contributed by atoms with Gasteiger partial charge in [0.2, 0.25) is 0 Å². The Hall–Kier alpha value is -1.55. The van der Waals surface area contributed by atoms with E-state index in [-0.39, 0.29) is 6.61 Å². The summed E-state index contributed by atoms with van der Waals surface area (Å²) in [6, 6.07) is 9.55. The lowest BCUT2D eigenvalue weighted by atomic mass is 9.97. The van der Waals surface area contributed by atoms with Crippen molar-refractivity contribution < 1.29 is 38.0 Å². The Morgan fingerprint density at radius 2 is 1.92 bits per heavy atom. The smallest absolute Gasteiger partial charge is 0.303 e. The Kier molecular flexibility index (Phi) is 4.72. The number of rotatable bonds is 3. The molecule has 0 aliphatic carbocycles. The molecule has 3 aliphatic heterocycles. The van der Waals surface area contributed by atoms with Gasteiger partial charge in [0.05, 0.1) is 6.61 Å². The third-order valence-corrected chi connectivity index (χ3v) is 4.71. The zero-order chi connectivity index (χ0) is 18.3. The van der Waals surface area contributed by atoms with Crippen LogP contribution in [0.1, 0.15) is 25.7 Å². The molecule has 1 aromatic carbocycles. The first-order valence-electron chi connectivity index (χ1n) is 8.54. The summed E-state index contributed by atoms with van der Waals surface area (Å²) in [5, 5.41) is 0. The van der Waals surface area contributed by atoms with E-state index in [2.05, 4.69) is 0 Å². The van der Waals surface area contributed by atoms with Gasteiger partial charge in [-0.25, -0.2) is 0 Å². The highest BCUT2D eigenvalue weighted by atomic mass is 16.9. The molecule has 0 saturated carbocycles. The SMILES string of the molecule is COC1(C)O[C@H]2O[C@@H]3COC(c4ccccc4)O[C@H]3[C@H](OC(C)=O)[C@H]2O1. The lowest BCUT2D eigenvalue weighted by molar-refractivity contribution is -0.349. The molecule has 0 amide bonds. The minimum atomic E-state index is -1.28. The summed E-state index contributed by atoms with van der Waals surface area (Å²) < 4.78 is 40.2. The Labute approximate surface area is 151 Å². The van der Waals surface area contributed by atoms with Crippen LogP contribution >= 0.6 is 0 Å². The highest BCUT2D eigenvalue weighted by Gasteiger charge is 2.59. The van der Waals surface area contributed by atoms with E-state index < -0.39 is 48.9 Å². The maximum absolute atomic E-state index is 11.7. The van der Waals surface area contributed by atoms with Crippen molar-refractivity contribution in [3.8, 4) is 0 Å². The summed E-state index contributed by atoms with van der Waals surface area (Å²) in [6.07, 6.45) is -3.70. The highest BCUT2D eigenvalue weighted by Crippen LogP contribution is 2.42. The highest BCUT2D eigenvalue weighted by molar-refractivity contribution is 5.66. The summed E-state index contributed by atoms with van der Waals surface area (Å²) in [7, 11) is 1.47. The van der Waals surface area contributed by atoms with Crippen molar-refractivity contribution in [2.75, 3.05) is 13.7 Å². The quantitative estimate of drug-likeness (QED) is 0.745. The van der Waals surface area contributed by atoms with Crippen molar-refractivity contribution in [1.29, 1.82) is 0 Å². The van der Waals surface area contributed by atoms with Gasteiger partial charge in [-0.3, -0.25) is 9.53 Å². The maximum Gasteiger partial charge on any atom is 0.303 e. The summed E-state index contributed by atoms with van der Waals surface area (Å²) in [5.41, 5.74) is 0.875. The van der Waals surface area contributed by atoms with Gasteiger partial charge in [0.15, 0.2) is 24.8 Å². The standard InChI is InChI=1S/C18H22O8/c1-10(19)22-14-13-12(23-17-15(14)25-18(2,20-3)26-17)9-21-16(24-13)11-7-5-4-6-8-11/h4-8,12-17H,9H2,1-3H3/t12-,13-,14+,15-,16?,17-,18?/m1/s1. The molecule has 8 nitrogen and oxygen atoms in total. The maximum atomic E-state index is 11.7. The molecule has 0 radical (unpaired) electrons. The van der Waals surface area contributed by atoms with Crippen LogP contribution in [0.25, 0.3) is 0 Å². The van der Waals surface area contributed by atoms with Crippen LogP contribution in [0.4, 0.5) is 0 Å². The molecule has 4 rings (SSSR count). The van der Waals surface area contributed by atoms with Crippen molar-refractivity contribution in [2.24, 2.45) is 0 Å². The lowest BCUT2D eigenvalue weighted by Gasteiger charge is -2.45. The molecule has 2 unspecified atom stereocenters. The minimum Gasteiger partial charge on any atom is -0.457 e. The van der Waals surface area contributed by atoms with Crippen LogP contribution in [0.15, 0.2) is 30.3 Å². The fourth-order valence-corrected chi connectivity index (χ4v) is 3.45. The second-order valence-electron chi connectivity index (χ2n) is 6.56. The van der Waals surface area contributed by atoms with Gasteiger partial charge in [0, 0.05) is 26.5 Å². The van der Waals surface area contributed by atoms with Crippen molar-refractivity contribution in [2.45, 2.75) is 56.8 Å². The van der Waals surface area contributed by atoms with Gasteiger partial charge in [0.1, 0.15) is 12.2 Å². The van der Waals surface area contributed by atoms with Crippen LogP contribution in [0.5, 0.6) is 0 Å². The van der Waals surface area contributed by atoms with Crippen LogP contribution < -0.4 is 0 Å². The molecule has 3 saturated heterocycles. The average Bonchev–Trinajstić information content (AvgIpc) is 2.99. The number of ether oxygens (including phenoxy) is 7. The molecule has 142 valence electrons. The van der Waals surface area contributed by atoms with Gasteiger partial charge in [-0.15, -0.1) is 0 Å². The van der Waals surface area contributed by atoms with Crippen molar-refractivity contribution in [3.63, 3.8) is 0 Å². The third kappa shape index (κ3) is 3.24. The molecule has 0 N–H and O–H groups in total. The Morgan fingerprint density at radius 1 is 1.15 bits per heavy atom. The van der Waals surface area contributed by atoms with Gasteiger partial charge >= 0.3 is 5.97 Å². The second kappa shape index (κ2) is 6.88. The van der Waals surface area contributed by atoms with Crippen LogP contribution in [-0.4, -0.2) is 56.4 Å². The number of hydrogen-bond acceptors (Lipinski definition) is 8. The van der Waals surface area contributed by atoms with E-state index in [1.165, 1.54) is 14.0 Å². The molecular formula is C18H22O8. The minimum absolute atomic E-state index is 0.276. The molecule has 0 bridgehead atoms. The predicted molar refractivity (Wildman–Crippen MR) is 85.6 cm³/mol. The first-order valence-corrected chi connectivity index (χ1v) is 8.54. The molecule has 8 heteroatoms. The monoisotopic (exact) mass is 366 g/mol. The van der Waals surface area contributed by atoms with E-state index in [0.29, 0.717) is 0 Å². The molecule has 3 heterocycles. The lowest BCUT2D eigenvalue weighted by Crippen LogP contribution is -2.62. The number of fused-ring (bicyclic) bond motifs is 2.